The summed E-state index contributed by atoms with van der Waals surface area (Å²) in [5.74, 6) is -3.76. The Morgan fingerprint density at radius 1 is 1.07 bits per heavy atom. The first kappa shape index (κ1) is 17.5. The number of nitro benzene ring substituents is 1. The Kier molecular flexibility index (Phi) is 3.74. The van der Waals surface area contributed by atoms with E-state index in [2.05, 4.69) is 0 Å². The molecule has 1 aliphatic carbocycles. The number of aliphatic hydroxyl groups is 1. The van der Waals surface area contributed by atoms with Gasteiger partial charge < -0.3 is 5.11 Å². The fraction of sp³-hybridized carbons (Fsp3) is 0.263. The molecule has 0 bridgehead atoms. The maximum atomic E-state index is 13.1. The van der Waals surface area contributed by atoms with Crippen molar-refractivity contribution in [1.82, 2.24) is 0 Å². The number of hydrogen-bond donors (Lipinski definition) is 1. The summed E-state index contributed by atoms with van der Waals surface area (Å²) < 4.78 is 0. The van der Waals surface area contributed by atoms with Gasteiger partial charge in [-0.05, 0) is 19.4 Å². The second kappa shape index (κ2) is 5.78. The van der Waals surface area contributed by atoms with Crippen LogP contribution in [0.4, 0.5) is 5.69 Å². The summed E-state index contributed by atoms with van der Waals surface area (Å²) in [6, 6.07) is 12.1. The summed E-state index contributed by atoms with van der Waals surface area (Å²) in [6.07, 6.45) is -1.16. The zero-order valence-corrected chi connectivity index (χ0v) is 14.2. The molecule has 8 heteroatoms. The van der Waals surface area contributed by atoms with Crippen molar-refractivity contribution in [2.75, 3.05) is 0 Å². The van der Waals surface area contributed by atoms with Gasteiger partial charge in [0.1, 0.15) is 6.10 Å². The van der Waals surface area contributed by atoms with Crippen molar-refractivity contribution in [3.8, 4) is 0 Å². The Bertz CT molecular complexity index is 988. The van der Waals surface area contributed by atoms with E-state index in [9.17, 15) is 24.8 Å². The molecule has 0 radical (unpaired) electrons. The molecular formula is C19H15NO7. The third kappa shape index (κ3) is 2.27. The minimum atomic E-state index is -2.50. The molecule has 138 valence electrons. The topological polar surface area (TPSA) is 116 Å². The Morgan fingerprint density at radius 2 is 1.67 bits per heavy atom. The van der Waals surface area contributed by atoms with Gasteiger partial charge in [-0.1, -0.05) is 36.4 Å². The quantitative estimate of drug-likeness (QED) is 0.491. The van der Waals surface area contributed by atoms with E-state index in [0.717, 1.165) is 0 Å². The summed E-state index contributed by atoms with van der Waals surface area (Å²) in [6.45, 7) is 1.41. The average Bonchev–Trinajstić information content (AvgIpc) is 2.68. The van der Waals surface area contributed by atoms with Crippen molar-refractivity contribution in [2.45, 2.75) is 25.2 Å². The Morgan fingerprint density at radius 3 is 2.33 bits per heavy atom. The van der Waals surface area contributed by atoms with Crippen molar-refractivity contribution >= 4 is 17.3 Å². The van der Waals surface area contributed by atoms with Gasteiger partial charge in [0.05, 0.1) is 15.9 Å². The lowest BCUT2D eigenvalue weighted by molar-refractivity contribution is -0.469. The van der Waals surface area contributed by atoms with Crippen molar-refractivity contribution in [1.29, 1.82) is 0 Å². The molecule has 0 amide bonds. The first-order valence-electron chi connectivity index (χ1n) is 8.28. The number of Topliss-reactive ketones (excluding diaryl/α,β-unsaturated/α-hetero) is 2. The van der Waals surface area contributed by atoms with Crippen LogP contribution < -0.4 is 0 Å². The van der Waals surface area contributed by atoms with Crippen LogP contribution in [0.25, 0.3) is 0 Å². The molecule has 1 saturated heterocycles. The van der Waals surface area contributed by atoms with Gasteiger partial charge in [-0.3, -0.25) is 19.7 Å². The minimum absolute atomic E-state index is 0.0511. The molecule has 8 nitrogen and oxygen atoms in total. The lowest BCUT2D eigenvalue weighted by Crippen LogP contribution is -2.64. The predicted molar refractivity (Wildman–Crippen MR) is 90.8 cm³/mol. The predicted octanol–water partition coefficient (Wildman–Crippen LogP) is 2.76. The number of para-hydroxylation sites is 1. The number of ketones is 2. The normalized spacial score (nSPS) is 29.8. The van der Waals surface area contributed by atoms with Crippen LogP contribution in [-0.2, 0) is 9.78 Å². The minimum Gasteiger partial charge on any atom is -0.356 e. The highest BCUT2D eigenvalue weighted by Crippen LogP contribution is 2.53. The third-order valence-electron chi connectivity index (χ3n) is 5.33. The molecule has 1 fully saturated rings. The van der Waals surface area contributed by atoms with Crippen LogP contribution in [0.1, 0.15) is 45.7 Å². The van der Waals surface area contributed by atoms with Gasteiger partial charge in [0, 0.05) is 17.2 Å². The number of carbonyl (C=O) groups is 2. The summed E-state index contributed by atoms with van der Waals surface area (Å²) in [5.41, 5.74) is -1.43. The molecule has 2 aromatic carbocycles. The van der Waals surface area contributed by atoms with E-state index in [1.807, 2.05) is 0 Å². The summed E-state index contributed by atoms with van der Waals surface area (Å²) >= 11 is 0. The standard InChI is InChI=1S/C19H15NO7/c1-18-10-15(13-8-4-5-9-14(13)20(24)25)26-27-19(18,23)17(22)12-7-3-2-6-11(12)16(18)21/h2-9,15,23H,10H2,1H3/t15-,18-,19+/m1/s1. The average molecular weight is 369 g/mol. The van der Waals surface area contributed by atoms with Gasteiger partial charge in [0.2, 0.25) is 5.78 Å². The Balaban J connectivity index is 1.81. The number of fused-ring (bicyclic) bond motifs is 2. The maximum Gasteiger partial charge on any atom is 0.275 e. The number of rotatable bonds is 2. The van der Waals surface area contributed by atoms with Gasteiger partial charge in [-0.2, -0.15) is 4.89 Å². The number of nitro groups is 1. The fourth-order valence-corrected chi connectivity index (χ4v) is 3.74. The molecule has 0 saturated carbocycles. The van der Waals surface area contributed by atoms with Crippen LogP contribution in [0.3, 0.4) is 0 Å². The largest absolute Gasteiger partial charge is 0.356 e. The molecule has 2 aromatic rings. The zero-order valence-electron chi connectivity index (χ0n) is 14.2. The summed E-state index contributed by atoms with van der Waals surface area (Å²) in [5, 5.41) is 22.2. The molecule has 0 unspecified atom stereocenters. The maximum absolute atomic E-state index is 13.1. The Hall–Kier alpha value is -2.94. The smallest absolute Gasteiger partial charge is 0.275 e. The molecule has 0 spiro atoms. The van der Waals surface area contributed by atoms with Crippen molar-refractivity contribution < 1.29 is 29.4 Å². The SMILES string of the molecule is C[C@]12C[C@H](c3ccccc3[N+](=O)[O-])OO[C@@]1(O)C(=O)c1ccccc1C2=O. The monoisotopic (exact) mass is 369 g/mol. The van der Waals surface area contributed by atoms with E-state index in [-0.39, 0.29) is 28.8 Å². The van der Waals surface area contributed by atoms with Crippen molar-refractivity contribution in [3.05, 3.63) is 75.3 Å². The van der Waals surface area contributed by atoms with Gasteiger partial charge in [0.25, 0.3) is 11.5 Å². The zero-order chi connectivity index (χ0) is 19.4. The summed E-state index contributed by atoms with van der Waals surface area (Å²) in [4.78, 5) is 47.0. The lowest BCUT2D eigenvalue weighted by Gasteiger charge is -2.48. The molecule has 2 aliphatic rings. The number of hydrogen-bond acceptors (Lipinski definition) is 7. The molecule has 0 aromatic heterocycles. The third-order valence-corrected chi connectivity index (χ3v) is 5.33. The highest BCUT2D eigenvalue weighted by atomic mass is 17.2. The molecule has 4 rings (SSSR count). The fourth-order valence-electron chi connectivity index (χ4n) is 3.74. The van der Waals surface area contributed by atoms with Crippen LogP contribution in [0, 0.1) is 15.5 Å². The first-order valence-corrected chi connectivity index (χ1v) is 8.28. The van der Waals surface area contributed by atoms with E-state index in [0.29, 0.717) is 0 Å². The lowest BCUT2D eigenvalue weighted by atomic mass is 9.63. The highest BCUT2D eigenvalue weighted by molar-refractivity contribution is 6.19. The van der Waals surface area contributed by atoms with Gasteiger partial charge >= 0.3 is 0 Å². The second-order valence-corrected chi connectivity index (χ2v) is 6.87. The first-order chi connectivity index (χ1) is 12.8. The van der Waals surface area contributed by atoms with Crippen molar-refractivity contribution in [2.24, 2.45) is 5.41 Å². The van der Waals surface area contributed by atoms with Crippen LogP contribution in [-0.4, -0.2) is 27.4 Å². The molecule has 1 aliphatic heterocycles. The van der Waals surface area contributed by atoms with E-state index in [4.69, 9.17) is 9.78 Å². The molecule has 1 N–H and O–H groups in total. The van der Waals surface area contributed by atoms with E-state index in [1.165, 1.54) is 37.3 Å². The van der Waals surface area contributed by atoms with Crippen LogP contribution in [0.5, 0.6) is 0 Å². The second-order valence-electron chi connectivity index (χ2n) is 6.87. The van der Waals surface area contributed by atoms with Crippen LogP contribution in [0.2, 0.25) is 0 Å². The van der Waals surface area contributed by atoms with E-state index < -0.39 is 33.8 Å². The van der Waals surface area contributed by atoms with Crippen LogP contribution in [0.15, 0.2) is 48.5 Å². The molecule has 3 atom stereocenters. The number of benzene rings is 2. The summed E-state index contributed by atoms with van der Waals surface area (Å²) in [7, 11) is 0. The molecule has 1 heterocycles. The number of carbonyl (C=O) groups excluding carboxylic acids is 2. The van der Waals surface area contributed by atoms with Crippen molar-refractivity contribution in [3.63, 3.8) is 0 Å². The van der Waals surface area contributed by atoms with Crippen LogP contribution >= 0.6 is 0 Å². The van der Waals surface area contributed by atoms with E-state index >= 15 is 0 Å². The van der Waals surface area contributed by atoms with Gasteiger partial charge in [0.15, 0.2) is 5.78 Å². The highest BCUT2D eigenvalue weighted by Gasteiger charge is 2.66. The molecule has 27 heavy (non-hydrogen) atoms. The number of nitrogens with zero attached hydrogens (tertiary/aromatic N) is 1. The van der Waals surface area contributed by atoms with Gasteiger partial charge in [-0.25, -0.2) is 4.89 Å². The van der Waals surface area contributed by atoms with E-state index in [1.54, 1.807) is 18.2 Å². The Labute approximate surface area is 153 Å². The molecular weight excluding hydrogens is 354 g/mol. The van der Waals surface area contributed by atoms with Gasteiger partial charge in [-0.15, -0.1) is 0 Å².